The predicted octanol–water partition coefficient (Wildman–Crippen LogP) is 3.68. The van der Waals surface area contributed by atoms with Crippen LogP contribution in [0.5, 0.6) is 0 Å². The second-order valence-electron chi connectivity index (χ2n) is 4.37. The average Bonchev–Trinajstić information content (AvgIpc) is 2.37. The molecule has 0 spiro atoms. The first kappa shape index (κ1) is 15.4. The Bertz CT molecular complexity index is 758. The van der Waals surface area contributed by atoms with E-state index in [1.807, 2.05) is 31.4 Å². The Hall–Kier alpha value is -1.01. The summed E-state index contributed by atoms with van der Waals surface area (Å²) < 4.78 is 22.7. The predicted molar refractivity (Wildman–Crippen MR) is 84.8 cm³/mol. The maximum Gasteiger partial charge on any atom is 0.238 e. The summed E-state index contributed by atoms with van der Waals surface area (Å²) in [6.07, 6.45) is 1.99. The van der Waals surface area contributed by atoms with Crippen LogP contribution >= 0.6 is 23.4 Å². The van der Waals surface area contributed by atoms with Crippen LogP contribution in [-0.4, -0.2) is 14.7 Å². The van der Waals surface area contributed by atoms with Gasteiger partial charge in [-0.3, -0.25) is 0 Å². The second-order valence-corrected chi connectivity index (χ2v) is 7.21. The number of nitrogens with two attached hydrogens (primary N) is 1. The minimum absolute atomic E-state index is 0.117. The van der Waals surface area contributed by atoms with Gasteiger partial charge in [-0.2, -0.15) is 0 Å². The Morgan fingerprint density at radius 3 is 2.35 bits per heavy atom. The molecule has 0 saturated heterocycles. The van der Waals surface area contributed by atoms with Gasteiger partial charge >= 0.3 is 0 Å². The fraction of sp³-hybridized carbons (Fsp3) is 0.143. The third kappa shape index (κ3) is 3.17. The van der Waals surface area contributed by atoms with E-state index in [4.69, 9.17) is 16.7 Å². The Kier molecular flexibility index (Phi) is 4.44. The molecule has 0 unspecified atom stereocenters. The highest BCUT2D eigenvalue weighted by atomic mass is 35.5. The zero-order chi connectivity index (χ0) is 14.9. The number of benzene rings is 2. The quantitative estimate of drug-likeness (QED) is 0.875. The summed E-state index contributed by atoms with van der Waals surface area (Å²) in [4.78, 5) is 1.20. The van der Waals surface area contributed by atoms with Crippen LogP contribution in [0, 0.1) is 6.92 Å². The van der Waals surface area contributed by atoms with Gasteiger partial charge in [0.1, 0.15) is 0 Å². The summed E-state index contributed by atoms with van der Waals surface area (Å²) in [5.74, 6) is 0. The lowest BCUT2D eigenvalue weighted by Crippen LogP contribution is -2.12. The van der Waals surface area contributed by atoms with Gasteiger partial charge in [0.15, 0.2) is 0 Å². The lowest BCUT2D eigenvalue weighted by Gasteiger charge is -2.12. The molecule has 20 heavy (non-hydrogen) atoms. The van der Waals surface area contributed by atoms with Gasteiger partial charge in [-0.15, -0.1) is 11.8 Å². The van der Waals surface area contributed by atoms with E-state index in [0.29, 0.717) is 5.02 Å². The highest BCUT2D eigenvalue weighted by molar-refractivity contribution is 7.98. The number of rotatable bonds is 3. The van der Waals surface area contributed by atoms with Gasteiger partial charge in [-0.1, -0.05) is 17.7 Å². The number of sulfonamides is 1. The molecule has 0 heterocycles. The highest BCUT2D eigenvalue weighted by Crippen LogP contribution is 2.35. The molecule has 0 bridgehead atoms. The molecule has 0 aliphatic rings. The van der Waals surface area contributed by atoms with Crippen LogP contribution in [0.1, 0.15) is 5.56 Å². The summed E-state index contributed by atoms with van der Waals surface area (Å²) in [5.41, 5.74) is 2.78. The van der Waals surface area contributed by atoms with E-state index >= 15 is 0 Å². The summed E-state index contributed by atoms with van der Waals surface area (Å²) in [6.45, 7) is 1.86. The number of hydrogen-bond donors (Lipinski definition) is 1. The first-order valence-electron chi connectivity index (χ1n) is 5.80. The maximum atomic E-state index is 11.4. The normalized spacial score (nSPS) is 11.6. The number of aryl methyl sites for hydroxylation is 1. The smallest absolute Gasteiger partial charge is 0.225 e. The summed E-state index contributed by atoms with van der Waals surface area (Å²) >= 11 is 7.67. The molecule has 106 valence electrons. The molecule has 2 aromatic carbocycles. The molecule has 2 rings (SSSR count). The van der Waals surface area contributed by atoms with E-state index in [0.717, 1.165) is 21.6 Å². The minimum atomic E-state index is -3.68. The standard InChI is InChI=1S/C14H14ClNO2S2/c1-9-7-11(20(16,17)18)4-5-12(9)13-8-10(15)3-6-14(13)19-2/h3-8H,1-2H3,(H2,16,17,18). The lowest BCUT2D eigenvalue weighted by atomic mass is 10.0. The molecule has 0 radical (unpaired) electrons. The molecule has 0 fully saturated rings. The largest absolute Gasteiger partial charge is 0.238 e. The average molecular weight is 328 g/mol. The molecule has 0 saturated carbocycles. The van der Waals surface area contributed by atoms with Crippen molar-refractivity contribution >= 4 is 33.4 Å². The van der Waals surface area contributed by atoms with E-state index in [1.165, 1.54) is 6.07 Å². The molecule has 2 aromatic rings. The van der Waals surface area contributed by atoms with Gasteiger partial charge in [0.2, 0.25) is 10.0 Å². The first-order chi connectivity index (χ1) is 9.32. The van der Waals surface area contributed by atoms with Crippen molar-refractivity contribution in [2.45, 2.75) is 16.7 Å². The fourth-order valence-electron chi connectivity index (χ4n) is 2.01. The van der Waals surface area contributed by atoms with E-state index in [1.54, 1.807) is 23.9 Å². The van der Waals surface area contributed by atoms with Gasteiger partial charge in [-0.25, -0.2) is 13.6 Å². The monoisotopic (exact) mass is 327 g/mol. The van der Waals surface area contributed by atoms with E-state index < -0.39 is 10.0 Å². The van der Waals surface area contributed by atoms with Gasteiger partial charge in [0.05, 0.1) is 4.90 Å². The first-order valence-corrected chi connectivity index (χ1v) is 8.95. The van der Waals surface area contributed by atoms with Gasteiger partial charge in [0.25, 0.3) is 0 Å². The van der Waals surface area contributed by atoms with Crippen molar-refractivity contribution in [1.82, 2.24) is 0 Å². The Morgan fingerprint density at radius 1 is 1.10 bits per heavy atom. The number of halogens is 1. The highest BCUT2D eigenvalue weighted by Gasteiger charge is 2.12. The lowest BCUT2D eigenvalue weighted by molar-refractivity contribution is 0.597. The maximum absolute atomic E-state index is 11.4. The van der Waals surface area contributed by atoms with Crippen molar-refractivity contribution in [2.75, 3.05) is 6.26 Å². The van der Waals surface area contributed by atoms with E-state index in [2.05, 4.69) is 0 Å². The summed E-state index contributed by atoms with van der Waals surface area (Å²) in [5, 5.41) is 5.79. The number of thioether (sulfide) groups is 1. The van der Waals surface area contributed by atoms with Crippen LogP contribution in [0.4, 0.5) is 0 Å². The molecule has 6 heteroatoms. The van der Waals surface area contributed by atoms with Crippen molar-refractivity contribution in [3.8, 4) is 11.1 Å². The van der Waals surface area contributed by atoms with Crippen molar-refractivity contribution in [2.24, 2.45) is 5.14 Å². The second kappa shape index (κ2) is 5.77. The molecule has 2 N–H and O–H groups in total. The third-order valence-electron chi connectivity index (χ3n) is 2.98. The molecular formula is C14H14ClNO2S2. The van der Waals surface area contributed by atoms with Crippen LogP contribution in [0.15, 0.2) is 46.2 Å². The zero-order valence-electron chi connectivity index (χ0n) is 11.1. The molecule has 3 nitrogen and oxygen atoms in total. The van der Waals surface area contributed by atoms with Gasteiger partial charge < -0.3 is 0 Å². The van der Waals surface area contributed by atoms with Crippen molar-refractivity contribution in [3.05, 3.63) is 47.0 Å². The van der Waals surface area contributed by atoms with Crippen molar-refractivity contribution < 1.29 is 8.42 Å². The summed E-state index contributed by atoms with van der Waals surface area (Å²) in [7, 11) is -3.68. The topological polar surface area (TPSA) is 60.2 Å². The molecule has 0 amide bonds. The van der Waals surface area contributed by atoms with E-state index in [9.17, 15) is 8.42 Å². The van der Waals surface area contributed by atoms with Crippen LogP contribution in [-0.2, 0) is 10.0 Å². The van der Waals surface area contributed by atoms with Crippen LogP contribution in [0.25, 0.3) is 11.1 Å². The van der Waals surface area contributed by atoms with Crippen molar-refractivity contribution in [3.63, 3.8) is 0 Å². The SMILES string of the molecule is CSc1ccc(Cl)cc1-c1ccc(S(N)(=O)=O)cc1C. The van der Waals surface area contributed by atoms with E-state index in [-0.39, 0.29) is 4.90 Å². The van der Waals surface area contributed by atoms with Crippen LogP contribution in [0.3, 0.4) is 0 Å². The van der Waals surface area contributed by atoms with Crippen LogP contribution < -0.4 is 5.14 Å². The fourth-order valence-corrected chi connectivity index (χ4v) is 3.37. The minimum Gasteiger partial charge on any atom is -0.225 e. The molecular weight excluding hydrogens is 314 g/mol. The zero-order valence-corrected chi connectivity index (χ0v) is 13.4. The van der Waals surface area contributed by atoms with Crippen molar-refractivity contribution in [1.29, 1.82) is 0 Å². The Morgan fingerprint density at radius 2 is 1.80 bits per heavy atom. The Labute approximate surface area is 128 Å². The van der Waals surface area contributed by atoms with Gasteiger partial charge in [0, 0.05) is 9.92 Å². The summed E-state index contributed by atoms with van der Waals surface area (Å²) in [6, 6.07) is 10.5. The number of primary sulfonamides is 1. The van der Waals surface area contributed by atoms with Crippen LogP contribution in [0.2, 0.25) is 5.02 Å². The molecule has 0 aliphatic carbocycles. The molecule has 0 atom stereocenters. The molecule has 0 aliphatic heterocycles. The Balaban J connectivity index is 2.63. The third-order valence-corrected chi connectivity index (χ3v) is 4.92. The number of hydrogen-bond acceptors (Lipinski definition) is 3. The molecule has 0 aromatic heterocycles. The van der Waals surface area contributed by atoms with Gasteiger partial charge in [-0.05, 0) is 60.2 Å².